The van der Waals surface area contributed by atoms with Gasteiger partial charge in [0.1, 0.15) is 12.4 Å². The van der Waals surface area contributed by atoms with Gasteiger partial charge in [-0.1, -0.05) is 0 Å². The number of halogens is 4. The Morgan fingerprint density at radius 2 is 1.80 bits per heavy atom. The predicted molar refractivity (Wildman–Crippen MR) is 87.9 cm³/mol. The van der Waals surface area contributed by atoms with Crippen molar-refractivity contribution in [3.8, 4) is 5.75 Å². The summed E-state index contributed by atoms with van der Waals surface area (Å²) in [6, 6.07) is 7.10. The van der Waals surface area contributed by atoms with Gasteiger partial charge in [0, 0.05) is 10.5 Å². The molecule has 0 spiro atoms. The molecule has 1 aliphatic rings. The van der Waals surface area contributed by atoms with Crippen LogP contribution in [0.15, 0.2) is 45.8 Å². The van der Waals surface area contributed by atoms with Crippen molar-refractivity contribution in [2.75, 3.05) is 18.1 Å². The van der Waals surface area contributed by atoms with Crippen molar-refractivity contribution in [3.05, 3.63) is 46.4 Å². The molecule has 2 aromatic rings. The molecule has 1 heterocycles. The standard InChI is InChI=1S/C15H11BrF3NO4S/c16-11-7-9(15(17,18)19)1-3-12(11)20-5-6-24-14-8-10(25(21,22)23)2-4-13(14)20/h1-4,7-8H,5-6H2,(H,21,22,23). The number of fused-ring (bicyclic) bond motifs is 1. The molecule has 0 radical (unpaired) electrons. The zero-order valence-corrected chi connectivity index (χ0v) is 14.8. The Morgan fingerprint density at radius 3 is 2.40 bits per heavy atom. The summed E-state index contributed by atoms with van der Waals surface area (Å²) in [7, 11) is -4.38. The van der Waals surface area contributed by atoms with E-state index in [1.807, 2.05) is 0 Å². The van der Waals surface area contributed by atoms with E-state index in [0.717, 1.165) is 12.1 Å². The Bertz CT molecular complexity index is 931. The maximum Gasteiger partial charge on any atom is 0.416 e. The molecule has 1 N–H and O–H groups in total. The van der Waals surface area contributed by atoms with Crippen molar-refractivity contribution in [1.29, 1.82) is 0 Å². The Balaban J connectivity index is 2.04. The van der Waals surface area contributed by atoms with E-state index in [9.17, 15) is 21.6 Å². The van der Waals surface area contributed by atoms with Crippen LogP contribution in [0.25, 0.3) is 0 Å². The van der Waals surface area contributed by atoms with E-state index in [-0.39, 0.29) is 21.7 Å². The summed E-state index contributed by atoms with van der Waals surface area (Å²) in [5, 5.41) is 0. The molecule has 25 heavy (non-hydrogen) atoms. The van der Waals surface area contributed by atoms with Crippen molar-refractivity contribution in [2.45, 2.75) is 11.1 Å². The van der Waals surface area contributed by atoms with Crippen LogP contribution in [-0.4, -0.2) is 26.1 Å². The molecule has 1 aliphatic heterocycles. The van der Waals surface area contributed by atoms with Crippen LogP contribution >= 0.6 is 15.9 Å². The molecule has 0 aliphatic carbocycles. The monoisotopic (exact) mass is 437 g/mol. The number of ether oxygens (including phenoxy) is 1. The molecule has 5 nitrogen and oxygen atoms in total. The number of hydrogen-bond acceptors (Lipinski definition) is 4. The second-order valence-electron chi connectivity index (χ2n) is 5.27. The van der Waals surface area contributed by atoms with Crippen LogP contribution in [0.5, 0.6) is 5.75 Å². The largest absolute Gasteiger partial charge is 0.489 e. The minimum absolute atomic E-state index is 0.204. The summed E-state index contributed by atoms with van der Waals surface area (Å²) in [5.74, 6) is 0.216. The first-order valence-electron chi connectivity index (χ1n) is 6.96. The number of benzene rings is 2. The highest BCUT2D eigenvalue weighted by atomic mass is 79.9. The molecule has 134 valence electrons. The van der Waals surface area contributed by atoms with Crippen LogP contribution in [0.4, 0.5) is 24.5 Å². The minimum atomic E-state index is -4.45. The predicted octanol–water partition coefficient (Wildman–Crippen LogP) is 4.25. The number of nitrogens with zero attached hydrogens (tertiary/aromatic N) is 1. The lowest BCUT2D eigenvalue weighted by atomic mass is 10.1. The molecule has 10 heteroatoms. The Hall–Kier alpha value is -1.78. The first-order valence-corrected chi connectivity index (χ1v) is 9.19. The van der Waals surface area contributed by atoms with Crippen LogP contribution in [0.3, 0.4) is 0 Å². The SMILES string of the molecule is O=S(=O)(O)c1ccc2c(c1)OCCN2c1ccc(C(F)(F)F)cc1Br. The maximum atomic E-state index is 12.8. The van der Waals surface area contributed by atoms with Crippen LogP contribution in [-0.2, 0) is 16.3 Å². The number of hydrogen-bond donors (Lipinski definition) is 1. The molecular weight excluding hydrogens is 427 g/mol. The van der Waals surface area contributed by atoms with Gasteiger partial charge in [-0.05, 0) is 46.3 Å². The third-order valence-electron chi connectivity index (χ3n) is 3.66. The molecule has 0 saturated heterocycles. The zero-order chi connectivity index (χ0) is 18.4. The van der Waals surface area contributed by atoms with Crippen LogP contribution < -0.4 is 9.64 Å². The highest BCUT2D eigenvalue weighted by Gasteiger charge is 2.32. The highest BCUT2D eigenvalue weighted by Crippen LogP contribution is 2.42. The van der Waals surface area contributed by atoms with Crippen molar-refractivity contribution < 1.29 is 30.9 Å². The summed E-state index contributed by atoms with van der Waals surface area (Å²) in [6.07, 6.45) is -4.45. The molecule has 3 rings (SSSR count). The van der Waals surface area contributed by atoms with Crippen molar-refractivity contribution >= 4 is 37.4 Å². The second-order valence-corrected chi connectivity index (χ2v) is 7.54. The fourth-order valence-corrected chi connectivity index (χ4v) is 3.60. The fraction of sp³-hybridized carbons (Fsp3) is 0.200. The van der Waals surface area contributed by atoms with Crippen LogP contribution in [0.2, 0.25) is 0 Å². The first kappa shape index (κ1) is 18.0. The number of anilines is 2. The quantitative estimate of drug-likeness (QED) is 0.711. The third-order valence-corrected chi connectivity index (χ3v) is 5.14. The number of rotatable bonds is 2. The van der Waals surface area contributed by atoms with Gasteiger partial charge in [-0.25, -0.2) is 0 Å². The summed E-state index contributed by atoms with van der Waals surface area (Å²) in [4.78, 5) is 1.39. The lowest BCUT2D eigenvalue weighted by molar-refractivity contribution is -0.137. The summed E-state index contributed by atoms with van der Waals surface area (Å²) >= 11 is 3.15. The van der Waals surface area contributed by atoms with E-state index < -0.39 is 21.9 Å². The van der Waals surface area contributed by atoms with E-state index in [1.54, 1.807) is 4.90 Å². The molecule has 0 bridgehead atoms. The van der Waals surface area contributed by atoms with E-state index in [4.69, 9.17) is 9.29 Å². The Labute approximate surface area is 149 Å². The summed E-state index contributed by atoms with van der Waals surface area (Å²) in [6.45, 7) is 0.567. The molecule has 0 aromatic heterocycles. The van der Waals surface area contributed by atoms with E-state index in [1.165, 1.54) is 24.3 Å². The summed E-state index contributed by atoms with van der Waals surface area (Å²) < 4.78 is 75.6. The van der Waals surface area contributed by atoms with E-state index in [0.29, 0.717) is 17.9 Å². The normalized spacial score (nSPS) is 14.8. The summed E-state index contributed by atoms with van der Waals surface area (Å²) in [5.41, 5.74) is 0.189. The maximum absolute atomic E-state index is 12.8. The van der Waals surface area contributed by atoms with Crippen LogP contribution in [0.1, 0.15) is 5.56 Å². The minimum Gasteiger partial charge on any atom is -0.489 e. The van der Waals surface area contributed by atoms with Gasteiger partial charge in [-0.3, -0.25) is 4.55 Å². The van der Waals surface area contributed by atoms with Crippen LogP contribution in [0, 0.1) is 0 Å². The second kappa shape index (κ2) is 6.19. The van der Waals surface area contributed by atoms with E-state index >= 15 is 0 Å². The number of alkyl halides is 3. The van der Waals surface area contributed by atoms with Crippen molar-refractivity contribution in [1.82, 2.24) is 0 Å². The van der Waals surface area contributed by atoms with Crippen molar-refractivity contribution in [3.63, 3.8) is 0 Å². The molecule has 2 aromatic carbocycles. The fourth-order valence-electron chi connectivity index (χ4n) is 2.51. The molecule has 0 atom stereocenters. The van der Waals surface area contributed by atoms with Gasteiger partial charge in [-0.2, -0.15) is 21.6 Å². The lowest BCUT2D eigenvalue weighted by Gasteiger charge is -2.32. The van der Waals surface area contributed by atoms with Gasteiger partial charge in [0.05, 0.1) is 28.4 Å². The smallest absolute Gasteiger partial charge is 0.416 e. The molecule has 0 saturated carbocycles. The first-order chi connectivity index (χ1) is 11.6. The van der Waals surface area contributed by atoms with Gasteiger partial charge in [0.2, 0.25) is 0 Å². The van der Waals surface area contributed by atoms with Gasteiger partial charge in [0.15, 0.2) is 0 Å². The third kappa shape index (κ3) is 3.60. The topological polar surface area (TPSA) is 66.8 Å². The van der Waals surface area contributed by atoms with Crippen molar-refractivity contribution in [2.24, 2.45) is 0 Å². The van der Waals surface area contributed by atoms with E-state index in [2.05, 4.69) is 15.9 Å². The molecular formula is C15H11BrF3NO4S. The average molecular weight is 438 g/mol. The lowest BCUT2D eigenvalue weighted by Crippen LogP contribution is -2.29. The van der Waals surface area contributed by atoms with Gasteiger partial charge < -0.3 is 9.64 Å². The van der Waals surface area contributed by atoms with Gasteiger partial charge >= 0.3 is 6.18 Å². The zero-order valence-electron chi connectivity index (χ0n) is 12.4. The molecule has 0 fully saturated rings. The average Bonchev–Trinajstić information content (AvgIpc) is 2.52. The molecule has 0 amide bonds. The molecule has 0 unspecified atom stereocenters. The highest BCUT2D eigenvalue weighted by molar-refractivity contribution is 9.10. The van der Waals surface area contributed by atoms with Gasteiger partial charge in [0.25, 0.3) is 10.1 Å². The Kier molecular flexibility index (Phi) is 4.46. The Morgan fingerprint density at radius 1 is 1.12 bits per heavy atom. The van der Waals surface area contributed by atoms with Gasteiger partial charge in [-0.15, -0.1) is 0 Å².